The van der Waals surface area contributed by atoms with Crippen LogP contribution in [0.2, 0.25) is 0 Å². The van der Waals surface area contributed by atoms with Gasteiger partial charge in [-0.15, -0.1) is 11.8 Å². The minimum absolute atomic E-state index is 0.00778. The standard InChI is InChI=1S/C22H26N2O2S/c1-4-9-20(25)23-18-12-7-5-11-17(18)22-24(21(26)14-27-22)19-13-8-6-10-16(19)15(2)3/h5-8,10-13,15,22H,4,9,14H2,1-3H3,(H,23,25). The maximum atomic E-state index is 12.8. The first-order chi connectivity index (χ1) is 13.0. The van der Waals surface area contributed by atoms with Crippen LogP contribution in [0.5, 0.6) is 0 Å². The number of thioether (sulfide) groups is 1. The molecule has 0 spiro atoms. The van der Waals surface area contributed by atoms with Gasteiger partial charge in [-0.3, -0.25) is 14.5 Å². The Balaban J connectivity index is 2.00. The molecule has 1 aliphatic heterocycles. The molecule has 4 nitrogen and oxygen atoms in total. The fourth-order valence-electron chi connectivity index (χ4n) is 3.38. The SMILES string of the molecule is CCCC(=O)Nc1ccccc1C1SCC(=O)N1c1ccccc1C(C)C. The molecule has 2 amide bonds. The Kier molecular flexibility index (Phi) is 6.22. The van der Waals surface area contributed by atoms with E-state index in [4.69, 9.17) is 0 Å². The van der Waals surface area contributed by atoms with Gasteiger partial charge in [0.1, 0.15) is 5.37 Å². The molecular weight excluding hydrogens is 356 g/mol. The van der Waals surface area contributed by atoms with Gasteiger partial charge in [-0.2, -0.15) is 0 Å². The minimum atomic E-state index is -0.143. The number of nitrogens with one attached hydrogen (secondary N) is 1. The molecule has 0 aliphatic carbocycles. The zero-order chi connectivity index (χ0) is 19.4. The second-order valence-corrected chi connectivity index (χ2v) is 8.09. The maximum absolute atomic E-state index is 12.8. The molecule has 1 aliphatic rings. The Bertz CT molecular complexity index is 835. The molecule has 3 rings (SSSR count). The van der Waals surface area contributed by atoms with E-state index in [1.165, 1.54) is 0 Å². The molecule has 142 valence electrons. The van der Waals surface area contributed by atoms with Crippen molar-refractivity contribution in [2.24, 2.45) is 0 Å². The van der Waals surface area contributed by atoms with Crippen LogP contribution in [0.15, 0.2) is 48.5 Å². The topological polar surface area (TPSA) is 49.4 Å². The summed E-state index contributed by atoms with van der Waals surface area (Å²) in [5.41, 5.74) is 3.87. The van der Waals surface area contributed by atoms with Crippen LogP contribution in [-0.4, -0.2) is 17.6 Å². The van der Waals surface area contributed by atoms with Crippen LogP contribution in [0.25, 0.3) is 0 Å². The van der Waals surface area contributed by atoms with Crippen LogP contribution in [0.1, 0.15) is 56.0 Å². The normalized spacial score (nSPS) is 16.8. The second-order valence-electron chi connectivity index (χ2n) is 7.03. The van der Waals surface area contributed by atoms with Gasteiger partial charge in [0.05, 0.1) is 5.75 Å². The molecule has 1 atom stereocenters. The molecule has 1 saturated heterocycles. The van der Waals surface area contributed by atoms with Gasteiger partial charge < -0.3 is 5.32 Å². The fourth-order valence-corrected chi connectivity index (χ4v) is 4.58. The molecule has 2 aromatic rings. The highest BCUT2D eigenvalue weighted by molar-refractivity contribution is 8.00. The zero-order valence-electron chi connectivity index (χ0n) is 16.1. The Morgan fingerprint density at radius 2 is 1.89 bits per heavy atom. The lowest BCUT2D eigenvalue weighted by molar-refractivity contribution is -0.116. The van der Waals surface area contributed by atoms with E-state index >= 15 is 0 Å². The van der Waals surface area contributed by atoms with Crippen molar-refractivity contribution < 1.29 is 9.59 Å². The average molecular weight is 383 g/mol. The first-order valence-corrected chi connectivity index (χ1v) is 10.5. The number of carbonyl (C=O) groups excluding carboxylic acids is 2. The summed E-state index contributed by atoms with van der Waals surface area (Å²) in [6.07, 6.45) is 1.30. The van der Waals surface area contributed by atoms with E-state index in [0.717, 1.165) is 28.9 Å². The summed E-state index contributed by atoms with van der Waals surface area (Å²) < 4.78 is 0. The largest absolute Gasteiger partial charge is 0.326 e. The number of nitrogens with zero attached hydrogens (tertiary/aromatic N) is 1. The molecule has 1 N–H and O–H groups in total. The highest BCUT2D eigenvalue weighted by Gasteiger charge is 2.36. The zero-order valence-corrected chi connectivity index (χ0v) is 16.9. The smallest absolute Gasteiger partial charge is 0.238 e. The molecular formula is C22H26N2O2S. The van der Waals surface area contributed by atoms with Crippen LogP contribution in [0.3, 0.4) is 0 Å². The van der Waals surface area contributed by atoms with E-state index in [2.05, 4.69) is 25.2 Å². The third kappa shape index (κ3) is 4.19. The van der Waals surface area contributed by atoms with Gasteiger partial charge in [0.15, 0.2) is 0 Å². The average Bonchev–Trinajstić information content (AvgIpc) is 3.03. The first-order valence-electron chi connectivity index (χ1n) is 9.44. The van der Waals surface area contributed by atoms with Gasteiger partial charge in [0.2, 0.25) is 11.8 Å². The molecule has 1 unspecified atom stereocenters. The summed E-state index contributed by atoms with van der Waals surface area (Å²) in [6.45, 7) is 6.27. The van der Waals surface area contributed by atoms with Crippen molar-refractivity contribution >= 4 is 35.0 Å². The molecule has 0 bridgehead atoms. The Labute approximate surface area is 165 Å². The summed E-state index contributed by atoms with van der Waals surface area (Å²) in [7, 11) is 0. The van der Waals surface area contributed by atoms with E-state index in [0.29, 0.717) is 18.1 Å². The van der Waals surface area contributed by atoms with E-state index in [1.807, 2.05) is 54.3 Å². The lowest BCUT2D eigenvalue weighted by Crippen LogP contribution is -2.29. The molecule has 0 saturated carbocycles. The number of para-hydroxylation sites is 2. The van der Waals surface area contributed by atoms with Gasteiger partial charge >= 0.3 is 0 Å². The molecule has 27 heavy (non-hydrogen) atoms. The second kappa shape index (κ2) is 8.61. The van der Waals surface area contributed by atoms with Gasteiger partial charge in [-0.05, 0) is 30.0 Å². The number of carbonyl (C=O) groups is 2. The van der Waals surface area contributed by atoms with Gasteiger partial charge in [-0.1, -0.05) is 57.2 Å². The van der Waals surface area contributed by atoms with Crippen molar-refractivity contribution in [1.82, 2.24) is 0 Å². The fraction of sp³-hybridized carbons (Fsp3) is 0.364. The van der Waals surface area contributed by atoms with Gasteiger partial charge in [0.25, 0.3) is 0 Å². The van der Waals surface area contributed by atoms with Crippen LogP contribution >= 0.6 is 11.8 Å². The van der Waals surface area contributed by atoms with Crippen molar-refractivity contribution in [2.75, 3.05) is 16.0 Å². The molecule has 1 fully saturated rings. The summed E-state index contributed by atoms with van der Waals surface area (Å²) >= 11 is 1.61. The number of benzene rings is 2. The number of rotatable bonds is 6. The highest BCUT2D eigenvalue weighted by atomic mass is 32.2. The summed E-state index contributed by atoms with van der Waals surface area (Å²) in [5.74, 6) is 0.870. The predicted octanol–water partition coefficient (Wildman–Crippen LogP) is 5.33. The molecule has 0 aromatic heterocycles. The number of amides is 2. The lowest BCUT2D eigenvalue weighted by Gasteiger charge is -2.29. The van der Waals surface area contributed by atoms with Crippen molar-refractivity contribution in [1.29, 1.82) is 0 Å². The van der Waals surface area contributed by atoms with E-state index in [9.17, 15) is 9.59 Å². The quantitative estimate of drug-likeness (QED) is 0.735. The predicted molar refractivity (Wildman–Crippen MR) is 113 cm³/mol. The number of anilines is 2. The Morgan fingerprint density at radius 1 is 1.19 bits per heavy atom. The Hall–Kier alpha value is -2.27. The highest BCUT2D eigenvalue weighted by Crippen LogP contribution is 2.45. The van der Waals surface area contributed by atoms with Crippen molar-refractivity contribution in [3.8, 4) is 0 Å². The van der Waals surface area contributed by atoms with E-state index in [1.54, 1.807) is 11.8 Å². The lowest BCUT2D eigenvalue weighted by atomic mass is 10.00. The van der Waals surface area contributed by atoms with E-state index in [-0.39, 0.29) is 17.2 Å². The van der Waals surface area contributed by atoms with Crippen LogP contribution in [0, 0.1) is 0 Å². The minimum Gasteiger partial charge on any atom is -0.326 e. The maximum Gasteiger partial charge on any atom is 0.238 e. The van der Waals surface area contributed by atoms with Gasteiger partial charge in [-0.25, -0.2) is 0 Å². The van der Waals surface area contributed by atoms with Crippen LogP contribution in [0.4, 0.5) is 11.4 Å². The summed E-state index contributed by atoms with van der Waals surface area (Å²) in [6, 6.07) is 15.9. The van der Waals surface area contributed by atoms with Crippen molar-refractivity contribution in [3.63, 3.8) is 0 Å². The molecule has 2 aromatic carbocycles. The molecule has 1 heterocycles. The van der Waals surface area contributed by atoms with Crippen molar-refractivity contribution in [2.45, 2.75) is 44.9 Å². The molecule has 5 heteroatoms. The van der Waals surface area contributed by atoms with Crippen molar-refractivity contribution in [3.05, 3.63) is 59.7 Å². The summed E-state index contributed by atoms with van der Waals surface area (Å²) in [5, 5.41) is 2.88. The third-order valence-electron chi connectivity index (χ3n) is 4.66. The van der Waals surface area contributed by atoms with E-state index < -0.39 is 0 Å². The van der Waals surface area contributed by atoms with Crippen LogP contribution in [-0.2, 0) is 9.59 Å². The Morgan fingerprint density at radius 3 is 2.63 bits per heavy atom. The third-order valence-corrected chi connectivity index (χ3v) is 5.86. The first kappa shape index (κ1) is 19.5. The summed E-state index contributed by atoms with van der Waals surface area (Å²) in [4.78, 5) is 26.8. The monoisotopic (exact) mass is 382 g/mol. The molecule has 0 radical (unpaired) electrons. The van der Waals surface area contributed by atoms with Crippen LogP contribution < -0.4 is 10.2 Å². The van der Waals surface area contributed by atoms with Gasteiger partial charge in [0, 0.05) is 23.4 Å². The number of hydrogen-bond donors (Lipinski definition) is 1. The number of hydrogen-bond acceptors (Lipinski definition) is 3.